The number of ether oxygens (including phenoxy) is 2. The van der Waals surface area contributed by atoms with Gasteiger partial charge in [-0.3, -0.25) is 20.0 Å². The first-order valence-corrected chi connectivity index (χ1v) is 16.8. The summed E-state index contributed by atoms with van der Waals surface area (Å²) < 4.78 is 9.54. The van der Waals surface area contributed by atoms with Crippen LogP contribution in [0.1, 0.15) is 52.7 Å². The number of carbonyl (C=O) groups excluding carboxylic acids is 4. The number of rotatable bonds is 14. The van der Waals surface area contributed by atoms with E-state index in [4.69, 9.17) is 9.47 Å². The summed E-state index contributed by atoms with van der Waals surface area (Å²) in [5, 5.41) is 21.6. The number of aliphatic hydroxyl groups excluding tert-OH is 1. The molecular formula is C38H52N6O7. The molecular weight excluding hydrogens is 652 g/mol. The first kappa shape index (κ1) is 40.4. The lowest BCUT2D eigenvalue weighted by molar-refractivity contribution is -0.132. The maximum Gasteiger partial charge on any atom is 0.407 e. The molecule has 0 saturated carbocycles. The molecule has 3 rings (SSSR count). The van der Waals surface area contributed by atoms with E-state index in [2.05, 4.69) is 26.4 Å². The van der Waals surface area contributed by atoms with Crippen LogP contribution in [0.5, 0.6) is 0 Å². The lowest BCUT2D eigenvalue weighted by Gasteiger charge is -2.35. The highest BCUT2D eigenvalue weighted by Crippen LogP contribution is 2.23. The number of nitrogens with zero attached hydrogens (tertiary/aromatic N) is 2. The van der Waals surface area contributed by atoms with Crippen LogP contribution in [-0.4, -0.2) is 84.1 Å². The number of benzene rings is 2. The topological polar surface area (TPSA) is 171 Å². The number of pyridine rings is 1. The van der Waals surface area contributed by atoms with Gasteiger partial charge in [0.2, 0.25) is 5.91 Å². The van der Waals surface area contributed by atoms with Crippen molar-refractivity contribution in [2.24, 2.45) is 10.8 Å². The highest BCUT2D eigenvalue weighted by atomic mass is 16.5. The van der Waals surface area contributed by atoms with Crippen LogP contribution >= 0.6 is 0 Å². The van der Waals surface area contributed by atoms with Gasteiger partial charge in [-0.25, -0.2) is 14.6 Å². The average Bonchev–Trinajstić information content (AvgIpc) is 3.08. The molecule has 1 aromatic heterocycles. The number of alkyl carbamates (subject to hydrolysis) is 2. The minimum absolute atomic E-state index is 0.120. The Bertz CT molecular complexity index is 1570. The summed E-state index contributed by atoms with van der Waals surface area (Å²) in [4.78, 5) is 56.3. The standard InChI is InChI=1S/C38H52N6O7/c1-37(2,3)31(41-35(48)50-7)33(46)40-29(22-25-14-10-9-11-15-25)30(45)24-44(43-34(47)32(38(4,5)6)42-36(49)51-8)23-26-17-19-27(20-18-26)28-16-12-13-21-39-28/h9-21,29-32,45H,22-24H2,1-8H3,(H,40,46)(H,41,48)(H,42,49)(H,43,47)/t29?,30?,31-,32-/m1/s1. The largest absolute Gasteiger partial charge is 0.453 e. The second-order valence-corrected chi connectivity index (χ2v) is 14.5. The van der Waals surface area contributed by atoms with Crippen LogP contribution in [0.3, 0.4) is 0 Å². The van der Waals surface area contributed by atoms with Crippen molar-refractivity contribution in [3.63, 3.8) is 0 Å². The molecule has 0 fully saturated rings. The number of hydrazine groups is 1. The fourth-order valence-electron chi connectivity index (χ4n) is 5.38. The van der Waals surface area contributed by atoms with Crippen LogP contribution in [0.15, 0.2) is 79.0 Å². The Labute approximate surface area is 300 Å². The molecule has 0 radical (unpaired) electrons. The Balaban J connectivity index is 1.96. The Morgan fingerprint density at radius 3 is 1.78 bits per heavy atom. The molecule has 0 saturated heterocycles. The maximum atomic E-state index is 13.8. The summed E-state index contributed by atoms with van der Waals surface area (Å²) in [6, 6.07) is 19.8. The predicted octanol–water partition coefficient (Wildman–Crippen LogP) is 4.21. The summed E-state index contributed by atoms with van der Waals surface area (Å²) in [5.41, 5.74) is 4.88. The van der Waals surface area contributed by atoms with Gasteiger partial charge in [-0.05, 0) is 40.5 Å². The number of hydrogen-bond donors (Lipinski definition) is 5. The van der Waals surface area contributed by atoms with Gasteiger partial charge in [0.25, 0.3) is 5.91 Å². The fourth-order valence-corrected chi connectivity index (χ4v) is 5.38. The smallest absolute Gasteiger partial charge is 0.407 e. The number of aliphatic hydroxyl groups is 1. The molecule has 2 aromatic carbocycles. The van der Waals surface area contributed by atoms with Gasteiger partial charge in [0, 0.05) is 24.8 Å². The van der Waals surface area contributed by atoms with Gasteiger partial charge < -0.3 is 30.5 Å². The Hall–Kier alpha value is -5.01. The minimum Gasteiger partial charge on any atom is -0.453 e. The van der Waals surface area contributed by atoms with Gasteiger partial charge in [0.1, 0.15) is 12.1 Å². The van der Waals surface area contributed by atoms with Crippen molar-refractivity contribution in [3.8, 4) is 11.3 Å². The third-order valence-corrected chi connectivity index (χ3v) is 8.21. The lowest BCUT2D eigenvalue weighted by Crippen LogP contribution is -2.60. The first-order chi connectivity index (χ1) is 24.0. The Kier molecular flexibility index (Phi) is 14.5. The number of nitrogens with one attached hydrogen (secondary N) is 4. The Morgan fingerprint density at radius 1 is 0.725 bits per heavy atom. The van der Waals surface area contributed by atoms with E-state index in [0.717, 1.165) is 22.4 Å². The molecule has 51 heavy (non-hydrogen) atoms. The van der Waals surface area contributed by atoms with E-state index in [1.807, 2.05) is 93.6 Å². The molecule has 0 aliphatic carbocycles. The molecule has 0 aliphatic heterocycles. The molecule has 1 heterocycles. The molecule has 3 aromatic rings. The number of methoxy groups -OCH3 is 2. The van der Waals surface area contributed by atoms with E-state index >= 15 is 0 Å². The SMILES string of the molecule is COC(=O)N[C@H](C(=O)NC(Cc1ccccc1)C(O)CN(Cc1ccc(-c2ccccn2)cc1)NC(=O)[C@@H](NC(=O)OC)C(C)(C)C)C(C)(C)C. The summed E-state index contributed by atoms with van der Waals surface area (Å²) >= 11 is 0. The summed E-state index contributed by atoms with van der Waals surface area (Å²) in [6.07, 6.45) is -0.778. The van der Waals surface area contributed by atoms with E-state index < -0.39 is 59.1 Å². The van der Waals surface area contributed by atoms with Crippen molar-refractivity contribution in [2.75, 3.05) is 20.8 Å². The van der Waals surface area contributed by atoms with Crippen molar-refractivity contribution in [2.45, 2.75) is 78.7 Å². The van der Waals surface area contributed by atoms with Crippen LogP contribution in [0.25, 0.3) is 11.3 Å². The molecule has 2 unspecified atom stereocenters. The highest BCUT2D eigenvalue weighted by molar-refractivity contribution is 5.87. The quantitative estimate of drug-likeness (QED) is 0.154. The Morgan fingerprint density at radius 2 is 1.27 bits per heavy atom. The first-order valence-electron chi connectivity index (χ1n) is 16.8. The fraction of sp³-hybridized carbons (Fsp3) is 0.447. The lowest BCUT2D eigenvalue weighted by atomic mass is 9.85. The van der Waals surface area contributed by atoms with Crippen molar-refractivity contribution in [1.82, 2.24) is 31.4 Å². The molecule has 0 bridgehead atoms. The predicted molar refractivity (Wildman–Crippen MR) is 194 cm³/mol. The third-order valence-electron chi connectivity index (χ3n) is 8.21. The second kappa shape index (κ2) is 18.3. The van der Waals surface area contributed by atoms with Crippen LogP contribution in [-0.2, 0) is 32.0 Å². The van der Waals surface area contributed by atoms with Crippen LogP contribution in [0, 0.1) is 10.8 Å². The van der Waals surface area contributed by atoms with Gasteiger partial charge in [0.05, 0.1) is 32.1 Å². The molecule has 5 N–H and O–H groups in total. The highest BCUT2D eigenvalue weighted by Gasteiger charge is 2.37. The van der Waals surface area contributed by atoms with Crippen LogP contribution in [0.4, 0.5) is 9.59 Å². The third kappa shape index (κ3) is 12.7. The minimum atomic E-state index is -1.22. The summed E-state index contributed by atoms with van der Waals surface area (Å²) in [6.45, 7) is 10.9. The van der Waals surface area contributed by atoms with Gasteiger partial charge >= 0.3 is 12.2 Å². The number of carbonyl (C=O) groups is 4. The zero-order valence-electron chi connectivity index (χ0n) is 30.7. The molecule has 0 aliphatic rings. The monoisotopic (exact) mass is 704 g/mol. The van der Waals surface area contributed by atoms with Gasteiger partial charge in [-0.1, -0.05) is 102 Å². The zero-order valence-corrected chi connectivity index (χ0v) is 30.7. The van der Waals surface area contributed by atoms with Gasteiger partial charge in [-0.2, -0.15) is 0 Å². The zero-order chi connectivity index (χ0) is 37.8. The summed E-state index contributed by atoms with van der Waals surface area (Å²) in [5.74, 6) is -1.03. The van der Waals surface area contributed by atoms with E-state index in [9.17, 15) is 24.3 Å². The van der Waals surface area contributed by atoms with Crippen LogP contribution < -0.4 is 21.4 Å². The average molecular weight is 705 g/mol. The van der Waals surface area contributed by atoms with Gasteiger partial charge in [-0.15, -0.1) is 0 Å². The summed E-state index contributed by atoms with van der Waals surface area (Å²) in [7, 11) is 2.44. The number of hydrogen-bond acceptors (Lipinski definition) is 9. The van der Waals surface area contributed by atoms with Gasteiger partial charge in [0.15, 0.2) is 0 Å². The van der Waals surface area contributed by atoms with Crippen molar-refractivity contribution in [3.05, 3.63) is 90.1 Å². The number of aromatic nitrogens is 1. The van der Waals surface area contributed by atoms with E-state index in [1.165, 1.54) is 14.2 Å². The van der Waals surface area contributed by atoms with Crippen molar-refractivity contribution < 1.29 is 33.8 Å². The van der Waals surface area contributed by atoms with E-state index in [1.54, 1.807) is 32.0 Å². The van der Waals surface area contributed by atoms with Crippen molar-refractivity contribution in [1.29, 1.82) is 0 Å². The maximum absolute atomic E-state index is 13.8. The molecule has 13 nitrogen and oxygen atoms in total. The molecule has 13 heteroatoms. The normalized spacial score (nSPS) is 14.0. The van der Waals surface area contributed by atoms with Crippen molar-refractivity contribution >= 4 is 24.0 Å². The van der Waals surface area contributed by atoms with Crippen LogP contribution in [0.2, 0.25) is 0 Å². The molecule has 4 atom stereocenters. The van der Waals surface area contributed by atoms with E-state index in [-0.39, 0.29) is 19.5 Å². The molecule has 4 amide bonds. The molecule has 276 valence electrons. The second-order valence-electron chi connectivity index (χ2n) is 14.5. The number of amides is 4. The molecule has 0 spiro atoms. The van der Waals surface area contributed by atoms with E-state index in [0.29, 0.717) is 0 Å².